The lowest BCUT2D eigenvalue weighted by Gasteiger charge is -2.12. The Kier molecular flexibility index (Phi) is 4.42. The molecular weight excluding hydrogens is 333 g/mol. The molecule has 6 nitrogen and oxygen atoms in total. The van der Waals surface area contributed by atoms with Gasteiger partial charge in [0.15, 0.2) is 0 Å². The average Bonchev–Trinajstić information content (AvgIpc) is 2.97. The van der Waals surface area contributed by atoms with Crippen LogP contribution in [-0.2, 0) is 15.9 Å². The Hall–Kier alpha value is -2.41. The molecule has 0 fully saturated rings. The van der Waals surface area contributed by atoms with Gasteiger partial charge in [-0.3, -0.25) is 0 Å². The van der Waals surface area contributed by atoms with E-state index < -0.39 is 27.0 Å². The molecule has 1 unspecified atom stereocenters. The van der Waals surface area contributed by atoms with E-state index in [9.17, 15) is 17.4 Å². The van der Waals surface area contributed by atoms with Crippen LogP contribution in [0.25, 0.3) is 11.4 Å². The lowest BCUT2D eigenvalue weighted by Crippen LogP contribution is -2.13. The number of halogens is 3. The van der Waals surface area contributed by atoms with Crippen LogP contribution in [0.1, 0.15) is 19.7 Å². The normalized spacial score (nSPS) is 14.3. The predicted molar refractivity (Wildman–Crippen MR) is 74.3 cm³/mol. The average molecular weight is 344 g/mol. The maximum absolute atomic E-state index is 12.7. The summed E-state index contributed by atoms with van der Waals surface area (Å²) < 4.78 is 57.6. The van der Waals surface area contributed by atoms with Crippen LogP contribution in [0.2, 0.25) is 0 Å². The van der Waals surface area contributed by atoms with Crippen molar-refractivity contribution in [3.63, 3.8) is 0 Å². The van der Waals surface area contributed by atoms with Crippen LogP contribution in [0.3, 0.4) is 0 Å². The van der Waals surface area contributed by atoms with Crippen LogP contribution < -0.4 is 0 Å². The zero-order valence-electron chi connectivity index (χ0n) is 12.0. The van der Waals surface area contributed by atoms with Gasteiger partial charge < -0.3 is 4.52 Å². The Morgan fingerprint density at radius 3 is 2.35 bits per heavy atom. The number of rotatable bonds is 3. The van der Waals surface area contributed by atoms with Crippen molar-refractivity contribution in [2.45, 2.75) is 30.2 Å². The fourth-order valence-electron chi connectivity index (χ4n) is 1.75. The molecule has 2 rings (SSSR count). The van der Waals surface area contributed by atoms with Crippen LogP contribution >= 0.6 is 0 Å². The van der Waals surface area contributed by atoms with Crippen molar-refractivity contribution < 1.29 is 21.9 Å². The second-order valence-corrected chi connectivity index (χ2v) is 7.49. The van der Waals surface area contributed by atoms with E-state index in [-0.39, 0.29) is 11.4 Å². The molecule has 0 saturated heterocycles. The summed E-state index contributed by atoms with van der Waals surface area (Å²) in [5, 5.41) is 11.5. The number of benzene rings is 1. The Balaban J connectivity index is 2.41. The van der Waals surface area contributed by atoms with E-state index in [0.29, 0.717) is 4.90 Å². The van der Waals surface area contributed by atoms with Gasteiger partial charge in [-0.2, -0.15) is 23.4 Å². The summed E-state index contributed by atoms with van der Waals surface area (Å²) in [6.07, 6.45) is -3.18. The molecule has 0 saturated carbocycles. The first-order chi connectivity index (χ1) is 10.7. The smallest absolute Gasteiger partial charge is 0.329 e. The first-order valence-electron chi connectivity index (χ1n) is 6.34. The van der Waals surface area contributed by atoms with E-state index in [1.165, 1.54) is 30.5 Å². The molecule has 0 N–H and O–H groups in total. The number of alkyl halides is 3. The van der Waals surface area contributed by atoms with Gasteiger partial charge in [-0.1, -0.05) is 5.16 Å². The SMILES string of the molecule is CC(C)S(=O)(=NC#N)c1ccc(-c2noc(C(F)(F)F)n2)cc1. The van der Waals surface area contributed by atoms with Gasteiger partial charge in [-0.15, -0.1) is 4.36 Å². The quantitative estimate of drug-likeness (QED) is 0.795. The van der Waals surface area contributed by atoms with Gasteiger partial charge in [-0.25, -0.2) is 4.21 Å². The minimum absolute atomic E-state index is 0.239. The number of hydrogen-bond donors (Lipinski definition) is 0. The molecule has 1 aromatic heterocycles. The van der Waals surface area contributed by atoms with Crippen LogP contribution in [0.15, 0.2) is 38.0 Å². The third-order valence-electron chi connectivity index (χ3n) is 2.93. The minimum atomic E-state index is -4.72. The summed E-state index contributed by atoms with van der Waals surface area (Å²) in [6.45, 7) is 3.32. The highest BCUT2D eigenvalue weighted by Gasteiger charge is 2.38. The third kappa shape index (κ3) is 3.34. The summed E-state index contributed by atoms with van der Waals surface area (Å²) in [5.41, 5.74) is 0.260. The van der Waals surface area contributed by atoms with Crippen molar-refractivity contribution in [2.24, 2.45) is 4.36 Å². The van der Waals surface area contributed by atoms with E-state index in [1.807, 2.05) is 0 Å². The third-order valence-corrected chi connectivity index (χ3v) is 5.51. The highest BCUT2D eigenvalue weighted by atomic mass is 32.2. The van der Waals surface area contributed by atoms with Gasteiger partial charge in [-0.05, 0) is 38.1 Å². The molecule has 122 valence electrons. The van der Waals surface area contributed by atoms with Crippen LogP contribution in [0.5, 0.6) is 0 Å². The first-order valence-corrected chi connectivity index (χ1v) is 7.91. The maximum atomic E-state index is 12.7. The second-order valence-electron chi connectivity index (χ2n) is 4.75. The topological polar surface area (TPSA) is 92.1 Å². The van der Waals surface area contributed by atoms with Gasteiger partial charge in [0.05, 0.1) is 9.73 Å². The van der Waals surface area contributed by atoms with Crippen molar-refractivity contribution in [1.29, 1.82) is 5.26 Å². The Labute approximate surface area is 130 Å². The van der Waals surface area contributed by atoms with Crippen molar-refractivity contribution in [3.8, 4) is 17.6 Å². The summed E-state index contributed by atoms with van der Waals surface area (Å²) in [6, 6.07) is 5.63. The molecule has 1 atom stereocenters. The monoisotopic (exact) mass is 344 g/mol. The van der Waals surface area contributed by atoms with Crippen LogP contribution in [-0.4, -0.2) is 19.6 Å². The number of hydrogen-bond acceptors (Lipinski definition) is 6. The second kappa shape index (κ2) is 6.00. The lowest BCUT2D eigenvalue weighted by atomic mass is 10.2. The molecular formula is C13H11F3N4O2S. The zero-order chi connectivity index (χ0) is 17.3. The van der Waals surface area contributed by atoms with Crippen molar-refractivity contribution in [2.75, 3.05) is 0 Å². The van der Waals surface area contributed by atoms with Gasteiger partial charge in [0.2, 0.25) is 12.0 Å². The molecule has 10 heteroatoms. The molecule has 2 aromatic rings. The summed E-state index contributed by atoms with van der Waals surface area (Å²) in [5.74, 6) is -1.68. The maximum Gasteiger partial charge on any atom is 0.471 e. The molecule has 0 radical (unpaired) electrons. The zero-order valence-corrected chi connectivity index (χ0v) is 12.9. The van der Waals surface area contributed by atoms with E-state index in [1.54, 1.807) is 13.8 Å². The first kappa shape index (κ1) is 17.0. The molecule has 1 heterocycles. The Morgan fingerprint density at radius 1 is 1.30 bits per heavy atom. The van der Waals surface area contributed by atoms with Crippen molar-refractivity contribution in [1.82, 2.24) is 10.1 Å². The molecule has 0 aliphatic heterocycles. The van der Waals surface area contributed by atoms with E-state index in [0.717, 1.165) is 0 Å². The summed E-state index contributed by atoms with van der Waals surface area (Å²) >= 11 is 0. The van der Waals surface area contributed by atoms with Crippen molar-refractivity contribution in [3.05, 3.63) is 30.2 Å². The Bertz CT molecular complexity index is 857. The van der Waals surface area contributed by atoms with Gasteiger partial charge in [0, 0.05) is 15.7 Å². The molecule has 23 heavy (non-hydrogen) atoms. The summed E-state index contributed by atoms with van der Waals surface area (Å²) in [4.78, 5) is 3.57. The van der Waals surface area contributed by atoms with Crippen LogP contribution in [0.4, 0.5) is 13.2 Å². The minimum Gasteiger partial charge on any atom is -0.329 e. The molecule has 0 bridgehead atoms. The van der Waals surface area contributed by atoms with E-state index >= 15 is 0 Å². The fourth-order valence-corrected chi connectivity index (χ4v) is 3.25. The van der Waals surface area contributed by atoms with Gasteiger partial charge >= 0.3 is 12.1 Å². The van der Waals surface area contributed by atoms with E-state index in [2.05, 4.69) is 19.0 Å². The molecule has 0 amide bonds. The van der Waals surface area contributed by atoms with E-state index in [4.69, 9.17) is 5.26 Å². The Morgan fingerprint density at radius 2 is 1.91 bits per heavy atom. The highest BCUT2D eigenvalue weighted by molar-refractivity contribution is 7.94. The van der Waals surface area contributed by atoms with Crippen molar-refractivity contribution >= 4 is 9.73 Å². The van der Waals surface area contributed by atoms with Gasteiger partial charge in [0.1, 0.15) is 0 Å². The molecule has 1 aromatic carbocycles. The molecule has 0 aliphatic carbocycles. The molecule has 0 spiro atoms. The highest BCUT2D eigenvalue weighted by Crippen LogP contribution is 2.30. The largest absolute Gasteiger partial charge is 0.471 e. The van der Waals surface area contributed by atoms with Crippen LogP contribution in [0, 0.1) is 11.5 Å². The standard InChI is InChI=1S/C13H11F3N4O2S/c1-8(2)23(21,18-7-17)10-5-3-9(4-6-10)11-19-12(22-20-11)13(14,15)16/h3-6,8H,1-2H3. The lowest BCUT2D eigenvalue weighted by molar-refractivity contribution is -0.159. The predicted octanol–water partition coefficient (Wildman–Crippen LogP) is 3.47. The summed E-state index contributed by atoms with van der Waals surface area (Å²) in [7, 11) is -2.93. The molecule has 0 aliphatic rings. The number of aromatic nitrogens is 2. The number of nitriles is 1. The number of nitrogens with zero attached hydrogens (tertiary/aromatic N) is 4. The fraction of sp³-hybridized carbons (Fsp3) is 0.308. The van der Waals surface area contributed by atoms with Gasteiger partial charge in [0.25, 0.3) is 0 Å².